The molecule has 0 amide bonds. The van der Waals surface area contributed by atoms with Crippen molar-refractivity contribution in [3.63, 3.8) is 0 Å². The number of alkyl halides is 3. The van der Waals surface area contributed by atoms with Gasteiger partial charge in [-0.3, -0.25) is 4.79 Å². The number of thioether (sulfide) groups is 1. The van der Waals surface area contributed by atoms with E-state index in [2.05, 4.69) is 4.74 Å². The molecule has 0 aliphatic heterocycles. The summed E-state index contributed by atoms with van der Waals surface area (Å²) >= 11 is 0.733. The van der Waals surface area contributed by atoms with Crippen LogP contribution in [0.3, 0.4) is 0 Å². The first-order valence-electron chi connectivity index (χ1n) is 3.96. The van der Waals surface area contributed by atoms with Gasteiger partial charge in [0.15, 0.2) is 12.1 Å². The van der Waals surface area contributed by atoms with E-state index in [4.69, 9.17) is 0 Å². The number of benzene rings is 1. The third-order valence-corrected chi connectivity index (χ3v) is 2.44. The molecule has 0 atom stereocenters. The Morgan fingerprint density at radius 2 is 2.00 bits per heavy atom. The number of carbonyl (C=O) groups is 1. The molecule has 0 N–H and O–H groups in total. The Morgan fingerprint density at radius 1 is 1.38 bits per heavy atom. The third-order valence-electron chi connectivity index (χ3n) is 1.65. The van der Waals surface area contributed by atoms with E-state index in [1.807, 2.05) is 0 Å². The minimum atomic E-state index is -4.89. The van der Waals surface area contributed by atoms with Crippen LogP contribution in [0, 0.1) is 5.82 Å². The molecule has 0 spiro atoms. The van der Waals surface area contributed by atoms with Crippen LogP contribution < -0.4 is 4.74 Å². The molecule has 88 valence electrons. The van der Waals surface area contributed by atoms with Crippen LogP contribution in [-0.2, 0) is 0 Å². The van der Waals surface area contributed by atoms with E-state index >= 15 is 0 Å². The quantitative estimate of drug-likeness (QED) is 0.470. The topological polar surface area (TPSA) is 26.3 Å². The zero-order chi connectivity index (χ0) is 12.3. The standard InChI is InChI=1S/C9H6F4O2S/c1-16-8-6(15-9(11,12)13)3-2-5(4-14)7(8)10/h2-4H,1H3. The second kappa shape index (κ2) is 4.73. The molecule has 0 bridgehead atoms. The van der Waals surface area contributed by atoms with Crippen molar-refractivity contribution in [3.05, 3.63) is 23.5 Å². The summed E-state index contributed by atoms with van der Waals surface area (Å²) in [6, 6.07) is 1.84. The van der Waals surface area contributed by atoms with Crippen LogP contribution in [-0.4, -0.2) is 18.9 Å². The Kier molecular flexibility index (Phi) is 3.79. The minimum Gasteiger partial charge on any atom is -0.404 e. The second-order valence-electron chi connectivity index (χ2n) is 2.67. The normalized spacial score (nSPS) is 11.3. The summed E-state index contributed by atoms with van der Waals surface area (Å²) in [5.74, 6) is -1.66. The van der Waals surface area contributed by atoms with Gasteiger partial charge in [0.2, 0.25) is 0 Å². The first kappa shape index (κ1) is 12.8. The van der Waals surface area contributed by atoms with E-state index in [1.165, 1.54) is 6.26 Å². The van der Waals surface area contributed by atoms with Crippen LogP contribution >= 0.6 is 11.8 Å². The Labute approximate surface area is 92.6 Å². The molecule has 0 unspecified atom stereocenters. The number of carbonyl (C=O) groups excluding carboxylic acids is 1. The van der Waals surface area contributed by atoms with Crippen LogP contribution in [0.25, 0.3) is 0 Å². The summed E-state index contributed by atoms with van der Waals surface area (Å²) in [6.45, 7) is 0. The molecule has 0 aromatic heterocycles. The molecule has 0 saturated carbocycles. The van der Waals surface area contributed by atoms with Gasteiger partial charge in [-0.1, -0.05) is 0 Å². The Balaban J connectivity index is 3.21. The van der Waals surface area contributed by atoms with E-state index in [1.54, 1.807) is 0 Å². The summed E-state index contributed by atoms with van der Waals surface area (Å²) in [6.07, 6.45) is -3.28. The minimum absolute atomic E-state index is 0.229. The summed E-state index contributed by atoms with van der Waals surface area (Å²) in [5, 5.41) is 0. The molecule has 0 saturated heterocycles. The van der Waals surface area contributed by atoms with Gasteiger partial charge >= 0.3 is 6.36 Å². The molecule has 1 rings (SSSR count). The Hall–Kier alpha value is -1.24. The summed E-state index contributed by atoms with van der Waals surface area (Å²) in [5.41, 5.74) is -0.307. The van der Waals surface area contributed by atoms with Gasteiger partial charge in [-0.05, 0) is 18.4 Å². The van der Waals surface area contributed by atoms with Crippen LogP contribution in [0.4, 0.5) is 17.6 Å². The predicted octanol–water partition coefficient (Wildman–Crippen LogP) is 3.26. The Bertz CT molecular complexity index is 403. The van der Waals surface area contributed by atoms with Gasteiger partial charge in [0.25, 0.3) is 0 Å². The average molecular weight is 254 g/mol. The SMILES string of the molecule is CSc1c(OC(F)(F)F)ccc(C=O)c1F. The maximum absolute atomic E-state index is 13.4. The van der Waals surface area contributed by atoms with Crippen molar-refractivity contribution in [2.45, 2.75) is 11.3 Å². The predicted molar refractivity (Wildman–Crippen MR) is 50.3 cm³/mol. The van der Waals surface area contributed by atoms with Crippen molar-refractivity contribution in [1.82, 2.24) is 0 Å². The molecule has 7 heteroatoms. The second-order valence-corrected chi connectivity index (χ2v) is 3.48. The zero-order valence-corrected chi connectivity index (χ0v) is 8.79. The molecule has 2 nitrogen and oxygen atoms in total. The average Bonchev–Trinajstić information content (AvgIpc) is 2.16. The largest absolute Gasteiger partial charge is 0.573 e. The Morgan fingerprint density at radius 3 is 2.44 bits per heavy atom. The molecular formula is C9H6F4O2S. The molecular weight excluding hydrogens is 248 g/mol. The summed E-state index contributed by atoms with van der Waals surface area (Å²) in [7, 11) is 0. The third kappa shape index (κ3) is 2.88. The number of aldehydes is 1. The van der Waals surface area contributed by atoms with Gasteiger partial charge in [0.1, 0.15) is 5.75 Å². The fraction of sp³-hybridized carbons (Fsp3) is 0.222. The monoisotopic (exact) mass is 254 g/mol. The number of hydrogen-bond donors (Lipinski definition) is 0. The smallest absolute Gasteiger partial charge is 0.404 e. The molecule has 0 fully saturated rings. The van der Waals surface area contributed by atoms with E-state index in [0.29, 0.717) is 0 Å². The van der Waals surface area contributed by atoms with Gasteiger partial charge in [-0.2, -0.15) is 0 Å². The van der Waals surface area contributed by atoms with Crippen molar-refractivity contribution in [2.75, 3.05) is 6.26 Å². The lowest BCUT2D eigenvalue weighted by Crippen LogP contribution is -2.18. The van der Waals surface area contributed by atoms with Crippen LogP contribution in [0.15, 0.2) is 17.0 Å². The first-order chi connectivity index (χ1) is 7.39. The van der Waals surface area contributed by atoms with Gasteiger partial charge in [-0.25, -0.2) is 4.39 Å². The highest BCUT2D eigenvalue weighted by atomic mass is 32.2. The van der Waals surface area contributed by atoms with E-state index in [0.717, 1.165) is 23.9 Å². The summed E-state index contributed by atoms with van der Waals surface area (Å²) < 4.78 is 52.9. The maximum atomic E-state index is 13.4. The van der Waals surface area contributed by atoms with Crippen molar-refractivity contribution in [2.24, 2.45) is 0 Å². The van der Waals surface area contributed by atoms with Gasteiger partial charge in [0.05, 0.1) is 10.5 Å². The fourth-order valence-electron chi connectivity index (χ4n) is 1.04. The highest BCUT2D eigenvalue weighted by Gasteiger charge is 2.32. The molecule has 1 aromatic rings. The van der Waals surface area contributed by atoms with E-state index in [9.17, 15) is 22.4 Å². The number of ether oxygens (including phenoxy) is 1. The highest BCUT2D eigenvalue weighted by molar-refractivity contribution is 7.98. The van der Waals surface area contributed by atoms with Crippen molar-refractivity contribution in [3.8, 4) is 5.75 Å². The molecule has 0 heterocycles. The zero-order valence-electron chi connectivity index (χ0n) is 7.97. The lowest BCUT2D eigenvalue weighted by atomic mass is 10.2. The van der Waals surface area contributed by atoms with Gasteiger partial charge in [-0.15, -0.1) is 24.9 Å². The van der Waals surface area contributed by atoms with Gasteiger partial charge < -0.3 is 4.74 Å². The fourth-order valence-corrected chi connectivity index (χ4v) is 1.65. The van der Waals surface area contributed by atoms with Crippen molar-refractivity contribution >= 4 is 18.0 Å². The first-order valence-corrected chi connectivity index (χ1v) is 5.19. The van der Waals surface area contributed by atoms with E-state index in [-0.39, 0.29) is 16.7 Å². The van der Waals surface area contributed by atoms with E-state index < -0.39 is 17.9 Å². The summed E-state index contributed by atoms with van der Waals surface area (Å²) in [4.78, 5) is 10.0. The number of hydrogen-bond acceptors (Lipinski definition) is 3. The molecule has 1 aromatic carbocycles. The van der Waals surface area contributed by atoms with Crippen LogP contribution in [0.5, 0.6) is 5.75 Å². The molecule has 16 heavy (non-hydrogen) atoms. The maximum Gasteiger partial charge on any atom is 0.573 e. The highest BCUT2D eigenvalue weighted by Crippen LogP contribution is 2.35. The molecule has 0 aliphatic rings. The van der Waals surface area contributed by atoms with Crippen LogP contribution in [0.1, 0.15) is 10.4 Å². The van der Waals surface area contributed by atoms with Crippen molar-refractivity contribution < 1.29 is 27.1 Å². The lowest BCUT2D eigenvalue weighted by molar-refractivity contribution is -0.275. The number of halogens is 4. The lowest BCUT2D eigenvalue weighted by Gasteiger charge is -2.13. The molecule has 0 aliphatic carbocycles. The molecule has 0 radical (unpaired) electrons. The number of rotatable bonds is 3. The van der Waals surface area contributed by atoms with Crippen LogP contribution in [0.2, 0.25) is 0 Å². The van der Waals surface area contributed by atoms with Crippen molar-refractivity contribution in [1.29, 1.82) is 0 Å². The van der Waals surface area contributed by atoms with Gasteiger partial charge in [0, 0.05) is 0 Å².